The molecule has 0 bridgehead atoms. The van der Waals surface area contributed by atoms with Crippen molar-refractivity contribution < 1.29 is 14.3 Å². The van der Waals surface area contributed by atoms with E-state index in [4.69, 9.17) is 9.47 Å². The Balaban J connectivity index is 2.03. The van der Waals surface area contributed by atoms with Crippen LogP contribution in [-0.4, -0.2) is 24.7 Å². The van der Waals surface area contributed by atoms with Gasteiger partial charge < -0.3 is 9.47 Å². The maximum atomic E-state index is 12.4. The maximum absolute atomic E-state index is 12.4. The Morgan fingerprint density at radius 3 is 2.44 bits per heavy atom. The van der Waals surface area contributed by atoms with E-state index in [0.29, 0.717) is 12.5 Å². The molecule has 0 radical (unpaired) electrons. The van der Waals surface area contributed by atoms with Crippen LogP contribution in [0.25, 0.3) is 22.0 Å². The van der Waals surface area contributed by atoms with Crippen LogP contribution in [0.5, 0.6) is 5.88 Å². The lowest BCUT2D eigenvalue weighted by atomic mass is 9.88. The average Bonchev–Trinajstić information content (AvgIpc) is 2.68. The van der Waals surface area contributed by atoms with Gasteiger partial charge in [-0.15, -0.1) is 0 Å². The van der Waals surface area contributed by atoms with Crippen molar-refractivity contribution in [1.82, 2.24) is 4.98 Å². The highest BCUT2D eigenvalue weighted by atomic mass is 16.5. The molecule has 1 aromatic heterocycles. The number of hydrogen-bond acceptors (Lipinski definition) is 4. The van der Waals surface area contributed by atoms with E-state index in [2.05, 4.69) is 35.3 Å². The molecule has 1 atom stereocenters. The van der Waals surface area contributed by atoms with Crippen LogP contribution < -0.4 is 4.74 Å². The van der Waals surface area contributed by atoms with Gasteiger partial charge in [0.1, 0.15) is 0 Å². The number of esters is 1. The van der Waals surface area contributed by atoms with Gasteiger partial charge in [-0.1, -0.05) is 56.3 Å². The Labute approximate surface area is 160 Å². The van der Waals surface area contributed by atoms with Crippen molar-refractivity contribution in [2.45, 2.75) is 26.7 Å². The molecule has 0 N–H and O–H groups in total. The third-order valence-electron chi connectivity index (χ3n) is 4.67. The summed E-state index contributed by atoms with van der Waals surface area (Å²) in [5.74, 6) is -0.109. The second-order valence-electron chi connectivity index (χ2n) is 6.83. The smallest absolute Gasteiger partial charge is 0.313 e. The monoisotopic (exact) mass is 363 g/mol. The van der Waals surface area contributed by atoms with Crippen LogP contribution in [0, 0.1) is 5.92 Å². The van der Waals surface area contributed by atoms with Gasteiger partial charge >= 0.3 is 5.97 Å². The predicted octanol–water partition coefficient (Wildman–Crippen LogP) is 5.21. The van der Waals surface area contributed by atoms with Gasteiger partial charge in [-0.25, -0.2) is 4.98 Å². The molecule has 140 valence electrons. The standard InChI is InChI=1S/C23H25NO3/c1-5-27-23(25)21(15(2)3)19-12-13-20(24-22(19)26-4)18-11-10-16-8-6-7-9-17(16)14-18/h6-15,21H,5H2,1-4H3. The minimum absolute atomic E-state index is 0.0752. The number of nitrogens with zero attached hydrogens (tertiary/aromatic N) is 1. The molecular weight excluding hydrogens is 338 g/mol. The minimum Gasteiger partial charge on any atom is -0.481 e. The molecule has 3 aromatic rings. The quantitative estimate of drug-likeness (QED) is 0.564. The Hall–Kier alpha value is -2.88. The fourth-order valence-electron chi connectivity index (χ4n) is 3.35. The zero-order valence-electron chi connectivity index (χ0n) is 16.2. The minimum atomic E-state index is -0.405. The van der Waals surface area contributed by atoms with Crippen LogP contribution in [0.1, 0.15) is 32.3 Å². The van der Waals surface area contributed by atoms with Crippen molar-refractivity contribution >= 4 is 16.7 Å². The highest BCUT2D eigenvalue weighted by Gasteiger charge is 2.29. The molecule has 0 aliphatic rings. The lowest BCUT2D eigenvalue weighted by Gasteiger charge is -2.21. The van der Waals surface area contributed by atoms with Crippen molar-refractivity contribution in [2.24, 2.45) is 5.92 Å². The van der Waals surface area contributed by atoms with Crippen LogP contribution in [-0.2, 0) is 9.53 Å². The third-order valence-corrected chi connectivity index (χ3v) is 4.67. The Morgan fingerprint density at radius 2 is 1.78 bits per heavy atom. The van der Waals surface area contributed by atoms with E-state index in [1.807, 2.05) is 45.0 Å². The highest BCUT2D eigenvalue weighted by molar-refractivity contribution is 5.87. The zero-order chi connectivity index (χ0) is 19.4. The molecule has 3 rings (SSSR count). The first kappa shape index (κ1) is 18.9. The van der Waals surface area contributed by atoms with E-state index in [9.17, 15) is 4.79 Å². The largest absolute Gasteiger partial charge is 0.481 e. The summed E-state index contributed by atoms with van der Waals surface area (Å²) in [5.41, 5.74) is 2.58. The first-order valence-corrected chi connectivity index (χ1v) is 9.26. The van der Waals surface area contributed by atoms with Crippen LogP contribution in [0.2, 0.25) is 0 Å². The molecular formula is C23H25NO3. The first-order valence-electron chi connectivity index (χ1n) is 9.26. The van der Waals surface area contributed by atoms with E-state index >= 15 is 0 Å². The van der Waals surface area contributed by atoms with Gasteiger partial charge in [0.2, 0.25) is 5.88 Å². The second kappa shape index (κ2) is 8.21. The number of aromatic nitrogens is 1. The van der Waals surface area contributed by atoms with Gasteiger partial charge in [-0.3, -0.25) is 4.79 Å². The molecule has 0 saturated heterocycles. The summed E-state index contributed by atoms with van der Waals surface area (Å²) in [7, 11) is 1.58. The summed E-state index contributed by atoms with van der Waals surface area (Å²) in [4.78, 5) is 17.1. The van der Waals surface area contributed by atoms with Crippen molar-refractivity contribution in [3.63, 3.8) is 0 Å². The molecule has 0 aliphatic carbocycles. The molecule has 2 aromatic carbocycles. The van der Waals surface area contributed by atoms with Crippen LogP contribution in [0.4, 0.5) is 0 Å². The number of ether oxygens (including phenoxy) is 2. The molecule has 4 nitrogen and oxygen atoms in total. The summed E-state index contributed by atoms with van der Waals surface area (Å²) >= 11 is 0. The third kappa shape index (κ3) is 3.95. The lowest BCUT2D eigenvalue weighted by Crippen LogP contribution is -2.22. The van der Waals surface area contributed by atoms with E-state index in [1.165, 1.54) is 5.39 Å². The van der Waals surface area contributed by atoms with E-state index in [-0.39, 0.29) is 11.9 Å². The average molecular weight is 363 g/mol. The molecule has 0 saturated carbocycles. The number of rotatable bonds is 6. The summed E-state index contributed by atoms with van der Waals surface area (Å²) < 4.78 is 10.8. The molecule has 27 heavy (non-hydrogen) atoms. The van der Waals surface area contributed by atoms with Gasteiger partial charge in [0, 0.05) is 11.1 Å². The van der Waals surface area contributed by atoms with E-state index < -0.39 is 5.92 Å². The topological polar surface area (TPSA) is 48.4 Å². The molecule has 0 aliphatic heterocycles. The van der Waals surface area contributed by atoms with Crippen molar-refractivity contribution in [2.75, 3.05) is 13.7 Å². The Bertz CT molecular complexity index is 949. The Morgan fingerprint density at radius 1 is 1.04 bits per heavy atom. The lowest BCUT2D eigenvalue weighted by molar-refractivity contribution is -0.146. The van der Waals surface area contributed by atoms with E-state index in [1.54, 1.807) is 7.11 Å². The number of pyridine rings is 1. The summed E-state index contributed by atoms with van der Waals surface area (Å²) in [6, 6.07) is 18.3. The van der Waals surface area contributed by atoms with Gasteiger partial charge in [-0.2, -0.15) is 0 Å². The normalized spacial score (nSPS) is 12.2. The summed E-state index contributed by atoms with van der Waals surface area (Å²) in [6.45, 7) is 6.16. The molecule has 1 heterocycles. The van der Waals surface area contributed by atoms with Crippen molar-refractivity contribution in [3.05, 3.63) is 60.2 Å². The molecule has 4 heteroatoms. The highest BCUT2D eigenvalue weighted by Crippen LogP contribution is 2.34. The summed E-state index contributed by atoms with van der Waals surface area (Å²) in [5, 5.41) is 2.35. The van der Waals surface area contributed by atoms with Crippen LogP contribution >= 0.6 is 0 Å². The zero-order valence-corrected chi connectivity index (χ0v) is 16.2. The maximum Gasteiger partial charge on any atom is 0.313 e. The van der Waals surface area contributed by atoms with Gasteiger partial charge in [0.15, 0.2) is 0 Å². The van der Waals surface area contributed by atoms with Crippen LogP contribution in [0.3, 0.4) is 0 Å². The number of carbonyl (C=O) groups excluding carboxylic acids is 1. The van der Waals surface area contributed by atoms with Gasteiger partial charge in [0.25, 0.3) is 0 Å². The number of carbonyl (C=O) groups is 1. The molecule has 0 spiro atoms. The number of methoxy groups -OCH3 is 1. The number of hydrogen-bond donors (Lipinski definition) is 0. The molecule has 0 fully saturated rings. The summed E-state index contributed by atoms with van der Waals surface area (Å²) in [6.07, 6.45) is 0. The van der Waals surface area contributed by atoms with Crippen molar-refractivity contribution in [1.29, 1.82) is 0 Å². The fraction of sp³-hybridized carbons (Fsp3) is 0.304. The number of benzene rings is 2. The Kier molecular flexibility index (Phi) is 5.75. The van der Waals surface area contributed by atoms with Gasteiger partial charge in [0.05, 0.1) is 25.3 Å². The SMILES string of the molecule is CCOC(=O)C(c1ccc(-c2ccc3ccccc3c2)nc1OC)C(C)C. The van der Waals surface area contributed by atoms with Gasteiger partial charge in [-0.05, 0) is 35.7 Å². The number of fused-ring (bicyclic) bond motifs is 1. The first-order chi connectivity index (χ1) is 13.0. The van der Waals surface area contributed by atoms with E-state index in [0.717, 1.165) is 22.2 Å². The fourth-order valence-corrected chi connectivity index (χ4v) is 3.35. The molecule has 0 amide bonds. The van der Waals surface area contributed by atoms with Crippen molar-refractivity contribution in [3.8, 4) is 17.1 Å². The second-order valence-corrected chi connectivity index (χ2v) is 6.83. The van der Waals surface area contributed by atoms with Crippen LogP contribution in [0.15, 0.2) is 54.6 Å². The molecule has 1 unspecified atom stereocenters. The predicted molar refractivity (Wildman–Crippen MR) is 108 cm³/mol.